The van der Waals surface area contributed by atoms with Gasteiger partial charge in [0.25, 0.3) is 0 Å². The standard InChI is InChI=1S/C24H20N2O2S/c1-17(23(27)28)29-24-25-21(18-11-5-2-6-12-18)22(19-13-7-3-8-14-19)26(24)20-15-9-4-10-16-20/h2-17H,1H3,(H,27,28). The molecule has 4 aromatic rings. The lowest BCUT2D eigenvalue weighted by Crippen LogP contribution is -2.12. The van der Waals surface area contributed by atoms with Crippen molar-refractivity contribution >= 4 is 17.7 Å². The number of hydrogen-bond donors (Lipinski definition) is 1. The minimum Gasteiger partial charge on any atom is -0.480 e. The van der Waals surface area contributed by atoms with Gasteiger partial charge in [0, 0.05) is 16.8 Å². The second-order valence-electron chi connectivity index (χ2n) is 6.59. The Balaban J connectivity index is 2.01. The Labute approximate surface area is 173 Å². The van der Waals surface area contributed by atoms with Crippen LogP contribution in [0.3, 0.4) is 0 Å². The van der Waals surface area contributed by atoms with Gasteiger partial charge in [-0.2, -0.15) is 0 Å². The predicted octanol–water partition coefficient (Wildman–Crippen LogP) is 5.77. The summed E-state index contributed by atoms with van der Waals surface area (Å²) in [7, 11) is 0. The molecule has 4 nitrogen and oxygen atoms in total. The fraction of sp³-hybridized carbons (Fsp3) is 0.0833. The molecule has 0 aliphatic heterocycles. The second kappa shape index (κ2) is 8.37. The van der Waals surface area contributed by atoms with Gasteiger partial charge in [0.1, 0.15) is 5.25 Å². The van der Waals surface area contributed by atoms with Gasteiger partial charge < -0.3 is 5.11 Å². The van der Waals surface area contributed by atoms with Crippen LogP contribution in [0.1, 0.15) is 6.92 Å². The highest BCUT2D eigenvalue weighted by atomic mass is 32.2. The van der Waals surface area contributed by atoms with Gasteiger partial charge in [0.05, 0.1) is 11.4 Å². The van der Waals surface area contributed by atoms with E-state index >= 15 is 0 Å². The number of carboxylic acid groups (broad SMARTS) is 1. The van der Waals surface area contributed by atoms with Crippen LogP contribution in [-0.4, -0.2) is 25.9 Å². The molecule has 1 aromatic heterocycles. The number of rotatable bonds is 6. The molecular formula is C24H20N2O2S. The summed E-state index contributed by atoms with van der Waals surface area (Å²) in [5, 5.41) is 9.49. The Hall–Kier alpha value is -3.31. The lowest BCUT2D eigenvalue weighted by atomic mass is 10.0. The van der Waals surface area contributed by atoms with Gasteiger partial charge in [-0.1, -0.05) is 90.6 Å². The van der Waals surface area contributed by atoms with E-state index in [1.807, 2.05) is 78.9 Å². The first-order valence-corrected chi connectivity index (χ1v) is 10.2. The number of nitrogens with zero attached hydrogens (tertiary/aromatic N) is 2. The maximum absolute atomic E-state index is 11.5. The quantitative estimate of drug-likeness (QED) is 0.417. The maximum atomic E-state index is 11.5. The SMILES string of the molecule is CC(Sc1nc(-c2ccccc2)c(-c2ccccc2)n1-c1ccccc1)C(=O)O. The van der Waals surface area contributed by atoms with Gasteiger partial charge >= 0.3 is 5.97 Å². The molecule has 0 radical (unpaired) electrons. The first-order valence-electron chi connectivity index (χ1n) is 9.33. The zero-order valence-electron chi connectivity index (χ0n) is 15.9. The number of benzene rings is 3. The number of carboxylic acids is 1. The summed E-state index contributed by atoms with van der Waals surface area (Å²) < 4.78 is 2.06. The summed E-state index contributed by atoms with van der Waals surface area (Å²) >= 11 is 1.25. The minimum absolute atomic E-state index is 0.618. The molecule has 1 atom stereocenters. The van der Waals surface area contributed by atoms with Crippen molar-refractivity contribution in [3.8, 4) is 28.2 Å². The molecule has 0 aliphatic carbocycles. The van der Waals surface area contributed by atoms with Crippen molar-refractivity contribution in [1.82, 2.24) is 9.55 Å². The predicted molar refractivity (Wildman–Crippen MR) is 117 cm³/mol. The van der Waals surface area contributed by atoms with Gasteiger partial charge in [0.15, 0.2) is 5.16 Å². The zero-order chi connectivity index (χ0) is 20.2. The highest BCUT2D eigenvalue weighted by Crippen LogP contribution is 2.39. The van der Waals surface area contributed by atoms with Crippen LogP contribution in [-0.2, 0) is 4.79 Å². The van der Waals surface area contributed by atoms with E-state index < -0.39 is 11.2 Å². The lowest BCUT2D eigenvalue weighted by molar-refractivity contribution is -0.136. The van der Waals surface area contributed by atoms with Crippen molar-refractivity contribution < 1.29 is 9.90 Å². The summed E-state index contributed by atoms with van der Waals surface area (Å²) in [6.45, 7) is 1.68. The molecule has 1 heterocycles. The third-order valence-electron chi connectivity index (χ3n) is 4.59. The average molecular weight is 401 g/mol. The fourth-order valence-electron chi connectivity index (χ4n) is 3.16. The monoisotopic (exact) mass is 400 g/mol. The van der Waals surface area contributed by atoms with E-state index in [-0.39, 0.29) is 0 Å². The van der Waals surface area contributed by atoms with Crippen molar-refractivity contribution in [2.75, 3.05) is 0 Å². The first kappa shape index (κ1) is 19.0. The van der Waals surface area contributed by atoms with Gasteiger partial charge in [-0.15, -0.1) is 0 Å². The summed E-state index contributed by atoms with van der Waals surface area (Å²) in [6.07, 6.45) is 0. The van der Waals surface area contributed by atoms with Crippen molar-refractivity contribution in [3.05, 3.63) is 91.0 Å². The number of thioether (sulfide) groups is 1. The van der Waals surface area contributed by atoms with Crippen LogP contribution >= 0.6 is 11.8 Å². The van der Waals surface area contributed by atoms with Crippen LogP contribution < -0.4 is 0 Å². The molecule has 0 saturated heterocycles. The Bertz CT molecular complexity index is 1110. The van der Waals surface area contributed by atoms with Gasteiger partial charge in [-0.05, 0) is 19.1 Å². The Kier molecular flexibility index (Phi) is 5.49. The van der Waals surface area contributed by atoms with Gasteiger partial charge in [-0.25, -0.2) is 4.98 Å². The molecule has 5 heteroatoms. The van der Waals surface area contributed by atoms with E-state index in [4.69, 9.17) is 4.98 Å². The molecule has 1 N–H and O–H groups in total. The van der Waals surface area contributed by atoms with Crippen molar-refractivity contribution in [3.63, 3.8) is 0 Å². The largest absolute Gasteiger partial charge is 0.480 e. The highest BCUT2D eigenvalue weighted by Gasteiger charge is 2.24. The smallest absolute Gasteiger partial charge is 0.316 e. The van der Waals surface area contributed by atoms with Gasteiger partial charge in [0.2, 0.25) is 0 Å². The molecule has 1 unspecified atom stereocenters. The minimum atomic E-state index is -0.861. The zero-order valence-corrected chi connectivity index (χ0v) is 16.7. The molecule has 0 bridgehead atoms. The average Bonchev–Trinajstić information content (AvgIpc) is 3.14. The molecule has 0 spiro atoms. The third-order valence-corrected chi connectivity index (χ3v) is 5.63. The van der Waals surface area contributed by atoms with Gasteiger partial charge in [-0.3, -0.25) is 9.36 Å². The van der Waals surface area contributed by atoms with Crippen molar-refractivity contribution in [1.29, 1.82) is 0 Å². The van der Waals surface area contributed by atoms with Crippen molar-refractivity contribution in [2.24, 2.45) is 0 Å². The Morgan fingerprint density at radius 1 is 0.862 bits per heavy atom. The summed E-state index contributed by atoms with van der Waals surface area (Å²) in [4.78, 5) is 16.4. The van der Waals surface area contributed by atoms with E-state index in [0.717, 1.165) is 28.2 Å². The maximum Gasteiger partial charge on any atom is 0.316 e. The van der Waals surface area contributed by atoms with Crippen LogP contribution in [0.4, 0.5) is 0 Å². The molecule has 0 fully saturated rings. The Morgan fingerprint density at radius 3 is 1.93 bits per heavy atom. The van der Waals surface area contributed by atoms with Crippen LogP contribution in [0.25, 0.3) is 28.2 Å². The van der Waals surface area contributed by atoms with Crippen LogP contribution in [0.15, 0.2) is 96.2 Å². The lowest BCUT2D eigenvalue weighted by Gasteiger charge is -2.14. The summed E-state index contributed by atoms with van der Waals surface area (Å²) in [5.74, 6) is -0.861. The number of hydrogen-bond acceptors (Lipinski definition) is 3. The number of aromatic nitrogens is 2. The third kappa shape index (κ3) is 3.96. The molecule has 144 valence electrons. The summed E-state index contributed by atoms with van der Waals surface area (Å²) in [6, 6.07) is 30.0. The topological polar surface area (TPSA) is 55.1 Å². The molecule has 0 amide bonds. The Morgan fingerprint density at radius 2 is 1.38 bits per heavy atom. The van der Waals surface area contributed by atoms with E-state index in [0.29, 0.717) is 5.16 Å². The van der Waals surface area contributed by atoms with Crippen LogP contribution in [0.5, 0.6) is 0 Å². The number of imidazole rings is 1. The molecule has 4 rings (SSSR count). The van der Waals surface area contributed by atoms with E-state index in [9.17, 15) is 9.90 Å². The van der Waals surface area contributed by atoms with E-state index in [1.54, 1.807) is 6.92 Å². The van der Waals surface area contributed by atoms with E-state index in [1.165, 1.54) is 11.8 Å². The second-order valence-corrected chi connectivity index (χ2v) is 7.90. The molecular weight excluding hydrogens is 380 g/mol. The molecule has 0 saturated carbocycles. The van der Waals surface area contributed by atoms with Crippen LogP contribution in [0.2, 0.25) is 0 Å². The first-order chi connectivity index (χ1) is 14.1. The molecule has 3 aromatic carbocycles. The molecule has 0 aliphatic rings. The van der Waals surface area contributed by atoms with E-state index in [2.05, 4.69) is 16.7 Å². The molecule has 29 heavy (non-hydrogen) atoms. The fourth-order valence-corrected chi connectivity index (χ4v) is 4.03. The highest BCUT2D eigenvalue weighted by molar-refractivity contribution is 8.00. The van der Waals surface area contributed by atoms with Crippen LogP contribution in [0, 0.1) is 0 Å². The number of aliphatic carboxylic acids is 1. The summed E-state index contributed by atoms with van der Waals surface area (Å²) in [5.41, 5.74) is 4.74. The number of carbonyl (C=O) groups is 1. The van der Waals surface area contributed by atoms with Crippen molar-refractivity contribution in [2.45, 2.75) is 17.3 Å². The number of para-hydroxylation sites is 1. The normalized spacial score (nSPS) is 11.9.